The van der Waals surface area contributed by atoms with Gasteiger partial charge in [-0.2, -0.15) is 4.98 Å². The molecule has 0 unspecified atom stereocenters. The number of methoxy groups -OCH3 is 1. The van der Waals surface area contributed by atoms with E-state index in [9.17, 15) is 4.39 Å². The highest BCUT2D eigenvalue weighted by Crippen LogP contribution is 2.29. The number of aromatic nitrogens is 4. The van der Waals surface area contributed by atoms with Crippen molar-refractivity contribution >= 4 is 35.0 Å². The van der Waals surface area contributed by atoms with Gasteiger partial charge in [0.15, 0.2) is 10.4 Å². The lowest BCUT2D eigenvalue weighted by Crippen LogP contribution is -2.00. The highest BCUT2D eigenvalue weighted by atomic mass is 35.5. The number of hydrogen-bond acceptors (Lipinski definition) is 4. The van der Waals surface area contributed by atoms with Crippen molar-refractivity contribution in [3.8, 4) is 11.6 Å². The Hall–Kier alpha value is -1.99. The number of fused-ring (bicyclic) bond motifs is 1. The Morgan fingerprint density at radius 1 is 1.40 bits per heavy atom. The Bertz CT molecular complexity index is 840. The predicted octanol–water partition coefficient (Wildman–Crippen LogP) is 3.28. The lowest BCUT2D eigenvalue weighted by molar-refractivity contribution is 0.401. The second kappa shape index (κ2) is 4.84. The van der Waals surface area contributed by atoms with Crippen molar-refractivity contribution < 1.29 is 9.13 Å². The van der Waals surface area contributed by atoms with E-state index in [0.29, 0.717) is 17.0 Å². The normalized spacial score (nSPS) is 10.9. The molecule has 0 spiro atoms. The van der Waals surface area contributed by atoms with E-state index < -0.39 is 5.82 Å². The second-order valence-electron chi connectivity index (χ2n) is 3.92. The maximum Gasteiger partial charge on any atom is 0.242 e. The summed E-state index contributed by atoms with van der Waals surface area (Å²) in [6.45, 7) is 0. The minimum Gasteiger partial charge on any atom is -0.479 e. The number of benzene rings is 1. The van der Waals surface area contributed by atoms with E-state index in [-0.39, 0.29) is 15.5 Å². The molecule has 0 aliphatic heterocycles. The number of nitrogens with one attached hydrogen (secondary N) is 1. The zero-order chi connectivity index (χ0) is 14.3. The Labute approximate surface area is 123 Å². The number of H-pyrrole nitrogens is 1. The van der Waals surface area contributed by atoms with Crippen molar-refractivity contribution in [1.29, 1.82) is 0 Å². The predicted molar refractivity (Wildman–Crippen MR) is 75.6 cm³/mol. The fourth-order valence-electron chi connectivity index (χ4n) is 1.96. The Morgan fingerprint density at radius 3 is 2.90 bits per heavy atom. The number of nitrogens with zero attached hydrogens (tertiary/aromatic N) is 3. The van der Waals surface area contributed by atoms with Crippen LogP contribution in [-0.4, -0.2) is 26.6 Å². The summed E-state index contributed by atoms with van der Waals surface area (Å²) in [4.78, 5) is 11.0. The summed E-state index contributed by atoms with van der Waals surface area (Å²) in [6.07, 6.45) is 1.31. The van der Waals surface area contributed by atoms with Gasteiger partial charge >= 0.3 is 0 Å². The quantitative estimate of drug-likeness (QED) is 0.738. The van der Waals surface area contributed by atoms with Crippen LogP contribution in [0, 0.1) is 10.6 Å². The topological polar surface area (TPSA) is 55.7 Å². The fraction of sp³-hybridized carbons (Fsp3) is 0.0833. The van der Waals surface area contributed by atoms with Crippen molar-refractivity contribution in [2.75, 3.05) is 7.11 Å². The van der Waals surface area contributed by atoms with Gasteiger partial charge in [0.05, 0.1) is 12.1 Å². The summed E-state index contributed by atoms with van der Waals surface area (Å²) >= 11 is 11.3. The fourth-order valence-corrected chi connectivity index (χ4v) is 2.49. The van der Waals surface area contributed by atoms with Gasteiger partial charge in [-0.15, -0.1) is 0 Å². The Morgan fingerprint density at radius 2 is 2.20 bits per heavy atom. The lowest BCUT2D eigenvalue weighted by Gasteiger charge is -2.07. The number of imidazole rings is 1. The molecule has 0 aliphatic carbocycles. The molecular weight excluding hydrogens is 303 g/mol. The first-order chi connectivity index (χ1) is 9.63. The third kappa shape index (κ3) is 1.86. The molecule has 0 amide bonds. The molecule has 8 heteroatoms. The molecule has 2 aromatic heterocycles. The maximum atomic E-state index is 14.1. The number of ether oxygens (including phenoxy) is 1. The van der Waals surface area contributed by atoms with Crippen LogP contribution in [0.4, 0.5) is 4.39 Å². The van der Waals surface area contributed by atoms with Gasteiger partial charge in [0.25, 0.3) is 0 Å². The minimum absolute atomic E-state index is 0.145. The van der Waals surface area contributed by atoms with Crippen LogP contribution in [0.5, 0.6) is 5.88 Å². The van der Waals surface area contributed by atoms with E-state index in [1.807, 2.05) is 0 Å². The van der Waals surface area contributed by atoms with E-state index in [1.165, 1.54) is 30.1 Å². The van der Waals surface area contributed by atoms with E-state index in [4.69, 9.17) is 28.6 Å². The van der Waals surface area contributed by atoms with Crippen LogP contribution in [0.3, 0.4) is 0 Å². The minimum atomic E-state index is -0.493. The monoisotopic (exact) mass is 310 g/mol. The van der Waals surface area contributed by atoms with Gasteiger partial charge < -0.3 is 9.72 Å². The molecule has 0 atom stereocenters. The van der Waals surface area contributed by atoms with Gasteiger partial charge in [-0.1, -0.05) is 17.7 Å². The van der Waals surface area contributed by atoms with E-state index >= 15 is 0 Å². The molecule has 0 bridgehead atoms. The summed E-state index contributed by atoms with van der Waals surface area (Å²) < 4.78 is 20.9. The summed E-state index contributed by atoms with van der Waals surface area (Å²) in [5, 5.41) is 0.236. The second-order valence-corrected chi connectivity index (χ2v) is 4.71. The van der Waals surface area contributed by atoms with Gasteiger partial charge in [0.2, 0.25) is 5.88 Å². The van der Waals surface area contributed by atoms with Gasteiger partial charge in [-0.05, 0) is 24.4 Å². The SMILES string of the molecule is COc1ncnc2c1[nH]c(=S)n2-c1c(F)cccc1Cl. The summed E-state index contributed by atoms with van der Waals surface area (Å²) in [6, 6.07) is 4.41. The number of hydrogen-bond donors (Lipinski definition) is 1. The number of para-hydroxylation sites is 1. The zero-order valence-electron chi connectivity index (χ0n) is 10.2. The first-order valence-electron chi connectivity index (χ1n) is 5.57. The van der Waals surface area contributed by atoms with E-state index in [0.717, 1.165) is 0 Å². The third-order valence-electron chi connectivity index (χ3n) is 2.79. The average Bonchev–Trinajstić information content (AvgIpc) is 2.75. The first-order valence-corrected chi connectivity index (χ1v) is 6.36. The van der Waals surface area contributed by atoms with Crippen molar-refractivity contribution in [1.82, 2.24) is 19.5 Å². The molecule has 0 saturated carbocycles. The highest BCUT2D eigenvalue weighted by Gasteiger charge is 2.17. The Kier molecular flexibility index (Phi) is 3.15. The highest BCUT2D eigenvalue weighted by molar-refractivity contribution is 7.71. The molecular formula is C12H8ClFN4OS. The molecule has 1 aromatic carbocycles. The third-order valence-corrected chi connectivity index (χ3v) is 3.38. The largest absolute Gasteiger partial charge is 0.479 e. The van der Waals surface area contributed by atoms with Gasteiger partial charge in [-0.3, -0.25) is 4.57 Å². The van der Waals surface area contributed by atoms with Gasteiger partial charge in [-0.25, -0.2) is 9.37 Å². The van der Waals surface area contributed by atoms with Crippen LogP contribution < -0.4 is 4.74 Å². The van der Waals surface area contributed by atoms with Crippen LogP contribution in [0.25, 0.3) is 16.9 Å². The maximum absolute atomic E-state index is 14.1. The smallest absolute Gasteiger partial charge is 0.242 e. The van der Waals surface area contributed by atoms with Crippen molar-refractivity contribution in [3.05, 3.63) is 40.1 Å². The van der Waals surface area contributed by atoms with Crippen LogP contribution >= 0.6 is 23.8 Å². The summed E-state index contributed by atoms with van der Waals surface area (Å²) in [7, 11) is 1.48. The molecule has 0 saturated heterocycles. The summed E-state index contributed by atoms with van der Waals surface area (Å²) in [5.74, 6) is -0.167. The van der Waals surface area contributed by atoms with Gasteiger partial charge in [0.1, 0.15) is 23.3 Å². The molecule has 2 heterocycles. The summed E-state index contributed by atoms with van der Waals surface area (Å²) in [5.41, 5.74) is 1.03. The Balaban J connectivity index is 2.44. The average molecular weight is 311 g/mol. The number of aromatic amines is 1. The molecule has 3 aromatic rings. The molecule has 1 N–H and O–H groups in total. The van der Waals surface area contributed by atoms with Crippen LogP contribution in [0.15, 0.2) is 24.5 Å². The molecule has 20 heavy (non-hydrogen) atoms. The van der Waals surface area contributed by atoms with Crippen LogP contribution in [-0.2, 0) is 0 Å². The molecule has 0 aliphatic rings. The zero-order valence-corrected chi connectivity index (χ0v) is 11.8. The van der Waals surface area contributed by atoms with Gasteiger partial charge in [0, 0.05) is 0 Å². The van der Waals surface area contributed by atoms with E-state index in [1.54, 1.807) is 6.07 Å². The molecule has 3 rings (SSSR count). The van der Waals surface area contributed by atoms with Crippen LogP contribution in [0.1, 0.15) is 0 Å². The standard InChI is InChI=1S/C12H8ClFN4OS/c1-19-11-8-10(15-5-16-11)18(12(20)17-8)9-6(13)3-2-4-7(9)14/h2-5H,1H3,(H,17,20). The molecule has 5 nitrogen and oxygen atoms in total. The number of rotatable bonds is 2. The molecule has 102 valence electrons. The lowest BCUT2D eigenvalue weighted by atomic mass is 10.3. The van der Waals surface area contributed by atoms with E-state index in [2.05, 4.69) is 15.0 Å². The van der Waals surface area contributed by atoms with Crippen LogP contribution in [0.2, 0.25) is 5.02 Å². The number of halogens is 2. The van der Waals surface area contributed by atoms with Crippen molar-refractivity contribution in [2.24, 2.45) is 0 Å². The molecule has 0 radical (unpaired) electrons. The van der Waals surface area contributed by atoms with Crippen molar-refractivity contribution in [3.63, 3.8) is 0 Å². The molecule has 0 fully saturated rings. The van der Waals surface area contributed by atoms with Crippen molar-refractivity contribution in [2.45, 2.75) is 0 Å². The first kappa shape index (κ1) is 13.0.